The van der Waals surface area contributed by atoms with Gasteiger partial charge in [-0.3, -0.25) is 9.59 Å². The van der Waals surface area contributed by atoms with Gasteiger partial charge in [0.05, 0.1) is 12.0 Å². The average molecular weight is 424 g/mol. The fourth-order valence-corrected chi connectivity index (χ4v) is 3.76. The third kappa shape index (κ3) is 5.94. The van der Waals surface area contributed by atoms with E-state index in [1.54, 1.807) is 13.8 Å². The van der Waals surface area contributed by atoms with E-state index in [4.69, 9.17) is 9.47 Å². The maximum Gasteiger partial charge on any atom is 0.416 e. The van der Waals surface area contributed by atoms with Gasteiger partial charge in [-0.15, -0.1) is 0 Å². The number of imide groups is 1. The fourth-order valence-electron chi connectivity index (χ4n) is 3.76. The lowest BCUT2D eigenvalue weighted by atomic mass is 9.95. The third-order valence-corrected chi connectivity index (χ3v) is 5.59. The summed E-state index contributed by atoms with van der Waals surface area (Å²) in [5.74, 6) is -1.39. The summed E-state index contributed by atoms with van der Waals surface area (Å²) in [5.41, 5.74) is 2.12. The molecule has 3 atom stereocenters. The van der Waals surface area contributed by atoms with Crippen LogP contribution < -0.4 is 0 Å². The summed E-state index contributed by atoms with van der Waals surface area (Å²) in [4.78, 5) is 38.9. The molecule has 0 saturated carbocycles. The van der Waals surface area contributed by atoms with Crippen LogP contribution in [0.3, 0.4) is 0 Å². The van der Waals surface area contributed by atoms with Crippen molar-refractivity contribution in [2.75, 3.05) is 6.61 Å². The van der Waals surface area contributed by atoms with E-state index in [1.807, 2.05) is 60.7 Å². The summed E-state index contributed by atoms with van der Waals surface area (Å²) in [6, 6.07) is 19.1. The number of rotatable bonds is 9. The van der Waals surface area contributed by atoms with Crippen LogP contribution in [0.25, 0.3) is 0 Å². The molecule has 1 heterocycles. The van der Waals surface area contributed by atoms with Crippen molar-refractivity contribution >= 4 is 18.0 Å². The zero-order valence-electron chi connectivity index (χ0n) is 18.0. The van der Waals surface area contributed by atoms with Crippen molar-refractivity contribution < 1.29 is 23.9 Å². The number of nitrogens with zero attached hydrogens (tertiary/aromatic N) is 1. The van der Waals surface area contributed by atoms with Gasteiger partial charge in [0.1, 0.15) is 12.7 Å². The minimum Gasteiger partial charge on any atom is -0.462 e. The summed E-state index contributed by atoms with van der Waals surface area (Å²) in [7, 11) is 0. The number of amides is 2. The zero-order chi connectivity index (χ0) is 22.2. The maximum atomic E-state index is 13.3. The van der Waals surface area contributed by atoms with E-state index in [9.17, 15) is 14.4 Å². The molecule has 0 radical (unpaired) electrons. The summed E-state index contributed by atoms with van der Waals surface area (Å²) < 4.78 is 10.8. The predicted molar refractivity (Wildman–Crippen MR) is 116 cm³/mol. The average Bonchev–Trinajstić information content (AvgIpc) is 3.16. The predicted octanol–water partition coefficient (Wildman–Crippen LogP) is 4.17. The molecule has 0 unspecified atom stereocenters. The second-order valence-corrected chi connectivity index (χ2v) is 7.82. The lowest BCUT2D eigenvalue weighted by Gasteiger charge is -2.28. The van der Waals surface area contributed by atoms with E-state index in [-0.39, 0.29) is 30.9 Å². The van der Waals surface area contributed by atoms with Crippen LogP contribution in [0.2, 0.25) is 0 Å². The molecule has 2 aromatic rings. The molecule has 6 heteroatoms. The lowest BCUT2D eigenvalue weighted by Crippen LogP contribution is -2.46. The van der Waals surface area contributed by atoms with Crippen LogP contribution in [0.1, 0.15) is 37.8 Å². The van der Waals surface area contributed by atoms with E-state index in [1.165, 1.54) is 4.90 Å². The zero-order valence-corrected chi connectivity index (χ0v) is 18.0. The molecule has 3 rings (SSSR count). The Morgan fingerprint density at radius 3 is 2.29 bits per heavy atom. The largest absolute Gasteiger partial charge is 0.462 e. The van der Waals surface area contributed by atoms with Gasteiger partial charge in [-0.2, -0.15) is 0 Å². The highest BCUT2D eigenvalue weighted by Gasteiger charge is 2.42. The molecule has 0 aliphatic carbocycles. The SMILES string of the molecule is CCC(=O)O[C@H](CCc1ccccc1)[C@@H](C)C(=O)N1C(=O)OC[C@@H]1Cc1ccccc1. The van der Waals surface area contributed by atoms with Crippen molar-refractivity contribution in [3.63, 3.8) is 0 Å². The molecule has 1 saturated heterocycles. The lowest BCUT2D eigenvalue weighted by molar-refractivity contribution is -0.155. The van der Waals surface area contributed by atoms with E-state index < -0.39 is 18.1 Å². The van der Waals surface area contributed by atoms with Gasteiger partial charge in [-0.25, -0.2) is 9.69 Å². The molecule has 1 fully saturated rings. The molecule has 2 amide bonds. The molecule has 2 aromatic carbocycles. The van der Waals surface area contributed by atoms with Gasteiger partial charge in [0.15, 0.2) is 0 Å². The molecule has 1 aliphatic heterocycles. The number of cyclic esters (lactones) is 1. The molecule has 0 spiro atoms. The number of ether oxygens (including phenoxy) is 2. The normalized spacial score (nSPS) is 17.7. The topological polar surface area (TPSA) is 72.9 Å². The van der Waals surface area contributed by atoms with Crippen LogP contribution in [0, 0.1) is 5.92 Å². The molecule has 6 nitrogen and oxygen atoms in total. The van der Waals surface area contributed by atoms with Gasteiger partial charge in [0.25, 0.3) is 0 Å². The maximum absolute atomic E-state index is 13.3. The van der Waals surface area contributed by atoms with Crippen molar-refractivity contribution in [3.05, 3.63) is 71.8 Å². The number of aryl methyl sites for hydroxylation is 1. The summed E-state index contributed by atoms with van der Waals surface area (Å²) in [6.45, 7) is 3.60. The van der Waals surface area contributed by atoms with Crippen LogP contribution in [0.5, 0.6) is 0 Å². The van der Waals surface area contributed by atoms with Crippen LogP contribution in [0.4, 0.5) is 4.79 Å². The number of carbonyl (C=O) groups is 3. The highest BCUT2D eigenvalue weighted by atomic mass is 16.6. The number of benzene rings is 2. The number of hydrogen-bond acceptors (Lipinski definition) is 5. The van der Waals surface area contributed by atoms with Crippen LogP contribution in [-0.4, -0.2) is 41.6 Å². The molecule has 0 bridgehead atoms. The molecule has 164 valence electrons. The van der Waals surface area contributed by atoms with Crippen molar-refractivity contribution in [2.45, 2.75) is 51.7 Å². The van der Waals surface area contributed by atoms with Crippen molar-refractivity contribution in [3.8, 4) is 0 Å². The summed E-state index contributed by atoms with van der Waals surface area (Å²) in [6.07, 6.45) is 0.652. The second kappa shape index (κ2) is 10.8. The highest BCUT2D eigenvalue weighted by molar-refractivity contribution is 5.95. The second-order valence-electron chi connectivity index (χ2n) is 7.82. The van der Waals surface area contributed by atoms with Crippen LogP contribution in [-0.2, 0) is 31.9 Å². The molecule has 31 heavy (non-hydrogen) atoms. The quantitative estimate of drug-likeness (QED) is 0.566. The molecule has 0 N–H and O–H groups in total. The van der Waals surface area contributed by atoms with E-state index in [2.05, 4.69) is 0 Å². The Morgan fingerprint density at radius 2 is 1.68 bits per heavy atom. The molecule has 1 aliphatic rings. The fraction of sp³-hybridized carbons (Fsp3) is 0.400. The number of carbonyl (C=O) groups excluding carboxylic acids is 3. The highest BCUT2D eigenvalue weighted by Crippen LogP contribution is 2.24. The van der Waals surface area contributed by atoms with Gasteiger partial charge >= 0.3 is 12.1 Å². The van der Waals surface area contributed by atoms with E-state index in [0.29, 0.717) is 19.3 Å². The summed E-state index contributed by atoms with van der Waals surface area (Å²) in [5, 5.41) is 0. The minimum absolute atomic E-state index is 0.162. The Balaban J connectivity index is 1.72. The van der Waals surface area contributed by atoms with Crippen molar-refractivity contribution in [1.29, 1.82) is 0 Å². The Kier molecular flexibility index (Phi) is 7.82. The first-order chi connectivity index (χ1) is 15.0. The third-order valence-electron chi connectivity index (χ3n) is 5.59. The van der Waals surface area contributed by atoms with Gasteiger partial charge in [-0.1, -0.05) is 74.5 Å². The Morgan fingerprint density at radius 1 is 1.06 bits per heavy atom. The van der Waals surface area contributed by atoms with E-state index >= 15 is 0 Å². The standard InChI is InChI=1S/C25H29NO5/c1-3-23(27)31-22(15-14-19-10-6-4-7-11-19)18(2)24(28)26-21(17-30-25(26)29)16-20-12-8-5-9-13-20/h4-13,18,21-22H,3,14-17H2,1-2H3/t18-,21+,22-/m1/s1. The molecular formula is C25H29NO5. The molecule has 0 aromatic heterocycles. The Bertz CT molecular complexity index is 883. The van der Waals surface area contributed by atoms with Gasteiger partial charge in [0, 0.05) is 6.42 Å². The van der Waals surface area contributed by atoms with E-state index in [0.717, 1.165) is 11.1 Å². The Hall–Kier alpha value is -3.15. The summed E-state index contributed by atoms with van der Waals surface area (Å²) >= 11 is 0. The molecular weight excluding hydrogens is 394 g/mol. The van der Waals surface area contributed by atoms with Crippen molar-refractivity contribution in [1.82, 2.24) is 4.90 Å². The first kappa shape index (κ1) is 22.5. The minimum atomic E-state index is -0.664. The van der Waals surface area contributed by atoms with Gasteiger partial charge < -0.3 is 9.47 Å². The first-order valence-corrected chi connectivity index (χ1v) is 10.8. The van der Waals surface area contributed by atoms with Crippen LogP contribution >= 0.6 is 0 Å². The number of esters is 1. The van der Waals surface area contributed by atoms with Crippen molar-refractivity contribution in [2.24, 2.45) is 5.92 Å². The smallest absolute Gasteiger partial charge is 0.416 e. The first-order valence-electron chi connectivity index (χ1n) is 10.8. The Labute approximate surface area is 183 Å². The number of hydrogen-bond donors (Lipinski definition) is 0. The monoisotopic (exact) mass is 423 g/mol. The van der Waals surface area contributed by atoms with Gasteiger partial charge in [0.2, 0.25) is 5.91 Å². The van der Waals surface area contributed by atoms with Gasteiger partial charge in [-0.05, 0) is 30.4 Å². The van der Waals surface area contributed by atoms with Crippen LogP contribution in [0.15, 0.2) is 60.7 Å².